The normalized spacial score (nSPS) is 22.3. The molecule has 0 aromatic heterocycles. The van der Waals surface area contributed by atoms with Crippen LogP contribution in [-0.4, -0.2) is 61.4 Å². The molecule has 0 radical (unpaired) electrons. The molecule has 16 heavy (non-hydrogen) atoms. The molecule has 5 nitrogen and oxygen atoms in total. The summed E-state index contributed by atoms with van der Waals surface area (Å²) in [6, 6.07) is -0.348. The van der Waals surface area contributed by atoms with E-state index < -0.39 is 0 Å². The summed E-state index contributed by atoms with van der Waals surface area (Å²) < 4.78 is 0. The Morgan fingerprint density at radius 3 is 2.44 bits per heavy atom. The Bertz CT molecular complexity index is 278. The van der Waals surface area contributed by atoms with Crippen LogP contribution in [0.25, 0.3) is 0 Å². The molecule has 1 atom stereocenters. The Kier molecular flexibility index (Phi) is 4.29. The second-order valence-electron chi connectivity index (χ2n) is 4.58. The van der Waals surface area contributed by atoms with E-state index in [1.807, 2.05) is 20.9 Å². The highest BCUT2D eigenvalue weighted by Gasteiger charge is 2.34. The van der Waals surface area contributed by atoms with Gasteiger partial charge in [0.2, 0.25) is 11.8 Å². The summed E-state index contributed by atoms with van der Waals surface area (Å²) in [5.74, 6) is -0.0854. The topological polar surface area (TPSA) is 52.7 Å². The molecule has 1 heterocycles. The summed E-state index contributed by atoms with van der Waals surface area (Å²) in [6.07, 6.45) is 0. The highest BCUT2D eigenvalue weighted by Crippen LogP contribution is 2.12. The van der Waals surface area contributed by atoms with Crippen molar-refractivity contribution in [3.63, 3.8) is 0 Å². The van der Waals surface area contributed by atoms with E-state index in [9.17, 15) is 9.59 Å². The Labute approximate surface area is 96.8 Å². The van der Waals surface area contributed by atoms with Crippen molar-refractivity contribution in [3.8, 4) is 0 Å². The summed E-state index contributed by atoms with van der Waals surface area (Å²) in [7, 11) is 3.57. The van der Waals surface area contributed by atoms with Crippen LogP contribution in [0, 0.1) is 5.92 Å². The average molecular weight is 227 g/mol. The fraction of sp³-hybridized carbons (Fsp3) is 0.818. The van der Waals surface area contributed by atoms with Gasteiger partial charge in [-0.2, -0.15) is 0 Å². The molecule has 5 heteroatoms. The quantitative estimate of drug-likeness (QED) is 0.694. The van der Waals surface area contributed by atoms with Crippen LogP contribution < -0.4 is 5.32 Å². The van der Waals surface area contributed by atoms with E-state index in [1.54, 1.807) is 11.9 Å². The number of piperazine rings is 1. The molecular formula is C11H21N3O2. The first-order valence-corrected chi connectivity index (χ1v) is 5.68. The van der Waals surface area contributed by atoms with Gasteiger partial charge in [0.15, 0.2) is 0 Å². The molecule has 0 aliphatic carbocycles. The maximum absolute atomic E-state index is 12.0. The number of nitrogens with one attached hydrogen (secondary N) is 1. The third-order valence-corrected chi connectivity index (χ3v) is 2.91. The zero-order valence-electron chi connectivity index (χ0n) is 10.5. The van der Waals surface area contributed by atoms with Crippen LogP contribution in [0.4, 0.5) is 0 Å². The molecule has 1 N–H and O–H groups in total. The molecule has 1 fully saturated rings. The van der Waals surface area contributed by atoms with E-state index in [-0.39, 0.29) is 23.8 Å². The molecule has 0 spiro atoms. The minimum atomic E-state index is -0.348. The van der Waals surface area contributed by atoms with Crippen molar-refractivity contribution in [1.29, 1.82) is 0 Å². The van der Waals surface area contributed by atoms with Crippen LogP contribution in [0.5, 0.6) is 0 Å². The van der Waals surface area contributed by atoms with Gasteiger partial charge >= 0.3 is 0 Å². The smallest absolute Gasteiger partial charge is 0.243 e. The minimum absolute atomic E-state index is 0.0571. The zero-order chi connectivity index (χ0) is 12.3. The summed E-state index contributed by atoms with van der Waals surface area (Å²) in [6.45, 7) is 5.79. The SMILES string of the molecule is CNC(=O)[C@H]1CN(C)CCN1C(=O)C(C)C. The van der Waals surface area contributed by atoms with Crippen LogP contribution >= 0.6 is 0 Å². The highest BCUT2D eigenvalue weighted by molar-refractivity contribution is 5.88. The van der Waals surface area contributed by atoms with Gasteiger partial charge in [-0.1, -0.05) is 13.8 Å². The maximum atomic E-state index is 12.0. The van der Waals surface area contributed by atoms with Crippen LogP contribution in [0.3, 0.4) is 0 Å². The largest absolute Gasteiger partial charge is 0.357 e. The van der Waals surface area contributed by atoms with Crippen molar-refractivity contribution in [2.45, 2.75) is 19.9 Å². The number of hydrogen-bond acceptors (Lipinski definition) is 3. The van der Waals surface area contributed by atoms with E-state index in [1.165, 1.54) is 0 Å². The lowest BCUT2D eigenvalue weighted by atomic mass is 10.1. The lowest BCUT2D eigenvalue weighted by molar-refractivity contribution is -0.145. The Balaban J connectivity index is 2.80. The van der Waals surface area contributed by atoms with Gasteiger partial charge in [0, 0.05) is 32.6 Å². The molecule has 1 saturated heterocycles. The fourth-order valence-electron chi connectivity index (χ4n) is 1.91. The van der Waals surface area contributed by atoms with Crippen LogP contribution in [-0.2, 0) is 9.59 Å². The Morgan fingerprint density at radius 2 is 1.94 bits per heavy atom. The van der Waals surface area contributed by atoms with E-state index in [0.29, 0.717) is 13.1 Å². The first-order valence-electron chi connectivity index (χ1n) is 5.68. The van der Waals surface area contributed by atoms with Gasteiger partial charge in [-0.25, -0.2) is 0 Å². The third-order valence-electron chi connectivity index (χ3n) is 2.91. The molecule has 1 aliphatic rings. The molecule has 1 aliphatic heterocycles. The number of nitrogens with zero attached hydrogens (tertiary/aromatic N) is 2. The molecule has 0 aromatic carbocycles. The molecule has 92 valence electrons. The predicted molar refractivity (Wildman–Crippen MR) is 61.9 cm³/mol. The number of likely N-dealkylation sites (N-methyl/N-ethyl adjacent to an activating group) is 2. The molecule has 1 rings (SSSR count). The van der Waals surface area contributed by atoms with E-state index >= 15 is 0 Å². The highest BCUT2D eigenvalue weighted by atomic mass is 16.2. The van der Waals surface area contributed by atoms with Gasteiger partial charge in [-0.3, -0.25) is 9.59 Å². The maximum Gasteiger partial charge on any atom is 0.243 e. The van der Waals surface area contributed by atoms with Crippen molar-refractivity contribution in [3.05, 3.63) is 0 Å². The van der Waals surface area contributed by atoms with Crippen LogP contribution in [0.2, 0.25) is 0 Å². The molecular weight excluding hydrogens is 206 g/mol. The third kappa shape index (κ3) is 2.72. The molecule has 0 aromatic rings. The van der Waals surface area contributed by atoms with Crippen LogP contribution in [0.15, 0.2) is 0 Å². The van der Waals surface area contributed by atoms with Crippen molar-refractivity contribution < 1.29 is 9.59 Å². The summed E-state index contributed by atoms with van der Waals surface area (Å²) in [4.78, 5) is 27.5. The first kappa shape index (κ1) is 13.0. The van der Waals surface area contributed by atoms with Gasteiger partial charge in [0.05, 0.1) is 0 Å². The number of amides is 2. The lowest BCUT2D eigenvalue weighted by Crippen LogP contribution is -2.60. The Hall–Kier alpha value is -1.10. The van der Waals surface area contributed by atoms with Gasteiger partial charge in [0.25, 0.3) is 0 Å². The Morgan fingerprint density at radius 1 is 1.31 bits per heavy atom. The van der Waals surface area contributed by atoms with Gasteiger partial charge in [-0.15, -0.1) is 0 Å². The van der Waals surface area contributed by atoms with E-state index in [2.05, 4.69) is 10.2 Å². The first-order chi connectivity index (χ1) is 7.47. The van der Waals surface area contributed by atoms with E-state index in [0.717, 1.165) is 6.54 Å². The minimum Gasteiger partial charge on any atom is -0.357 e. The molecule has 2 amide bonds. The number of carbonyl (C=O) groups excluding carboxylic acids is 2. The molecule has 0 bridgehead atoms. The monoisotopic (exact) mass is 227 g/mol. The van der Waals surface area contributed by atoms with Gasteiger partial charge in [0.1, 0.15) is 6.04 Å². The number of rotatable bonds is 2. The van der Waals surface area contributed by atoms with Crippen molar-refractivity contribution >= 4 is 11.8 Å². The lowest BCUT2D eigenvalue weighted by Gasteiger charge is -2.39. The van der Waals surface area contributed by atoms with E-state index in [4.69, 9.17) is 0 Å². The van der Waals surface area contributed by atoms with Crippen molar-refractivity contribution in [2.75, 3.05) is 33.7 Å². The predicted octanol–water partition coefficient (Wildman–Crippen LogP) is -0.469. The second-order valence-corrected chi connectivity index (χ2v) is 4.58. The second kappa shape index (κ2) is 5.30. The zero-order valence-corrected chi connectivity index (χ0v) is 10.5. The average Bonchev–Trinajstić information content (AvgIpc) is 2.26. The molecule has 0 unspecified atom stereocenters. The van der Waals surface area contributed by atoms with Crippen molar-refractivity contribution in [2.24, 2.45) is 5.92 Å². The standard InChI is InChI=1S/C11H21N3O2/c1-8(2)11(16)14-6-5-13(4)7-9(14)10(15)12-3/h8-9H,5-7H2,1-4H3,(H,12,15)/t9-/m1/s1. The summed E-state index contributed by atoms with van der Waals surface area (Å²) in [5, 5.41) is 2.62. The van der Waals surface area contributed by atoms with Gasteiger partial charge < -0.3 is 15.1 Å². The van der Waals surface area contributed by atoms with Crippen molar-refractivity contribution in [1.82, 2.24) is 15.1 Å². The van der Waals surface area contributed by atoms with Gasteiger partial charge in [-0.05, 0) is 7.05 Å². The summed E-state index contributed by atoms with van der Waals surface area (Å²) >= 11 is 0. The summed E-state index contributed by atoms with van der Waals surface area (Å²) in [5.41, 5.74) is 0. The molecule has 0 saturated carbocycles. The van der Waals surface area contributed by atoms with Crippen LogP contribution in [0.1, 0.15) is 13.8 Å². The number of hydrogen-bond donors (Lipinski definition) is 1. The number of carbonyl (C=O) groups is 2. The fourth-order valence-corrected chi connectivity index (χ4v) is 1.91.